The number of aliphatic hydroxyl groups excluding tert-OH is 1. The minimum absolute atomic E-state index is 0.213. The molecule has 6 heteroatoms. The number of rotatable bonds is 6. The van der Waals surface area contributed by atoms with Crippen LogP contribution < -0.4 is 0 Å². The molecule has 0 radical (unpaired) electrons. The molecule has 3 heterocycles. The first-order valence-electron chi connectivity index (χ1n) is 8.51. The van der Waals surface area contributed by atoms with E-state index >= 15 is 0 Å². The van der Waals surface area contributed by atoms with Gasteiger partial charge in [0.15, 0.2) is 5.82 Å². The van der Waals surface area contributed by atoms with Crippen molar-refractivity contribution in [3.05, 3.63) is 30.4 Å². The number of likely N-dealkylation sites (tertiary alicyclic amines) is 1. The van der Waals surface area contributed by atoms with Gasteiger partial charge in [-0.2, -0.15) is 5.10 Å². The molecule has 0 aromatic carbocycles. The van der Waals surface area contributed by atoms with Crippen LogP contribution in [0, 0.1) is 0 Å². The van der Waals surface area contributed by atoms with Gasteiger partial charge in [-0.1, -0.05) is 13.3 Å². The Morgan fingerprint density at radius 3 is 2.87 bits per heavy atom. The monoisotopic (exact) mass is 315 g/mol. The van der Waals surface area contributed by atoms with Crippen LogP contribution in [0.2, 0.25) is 0 Å². The lowest BCUT2D eigenvalue weighted by molar-refractivity contribution is 0.0647. The standard InChI is InChI=1S/C17H25N5O/c1-2-3-11-22-16(13-21-10-4-5-15(23)12-21)19-17(20-22)14-6-8-18-9-7-14/h6-9,15,23H,2-5,10-13H2,1H3. The molecule has 1 saturated heterocycles. The minimum atomic E-state index is -0.213. The Hall–Kier alpha value is -1.79. The number of hydrogen-bond donors (Lipinski definition) is 1. The minimum Gasteiger partial charge on any atom is -0.392 e. The third kappa shape index (κ3) is 4.14. The quantitative estimate of drug-likeness (QED) is 0.884. The number of nitrogens with zero attached hydrogens (tertiary/aromatic N) is 5. The highest BCUT2D eigenvalue weighted by molar-refractivity contribution is 5.53. The molecule has 1 unspecified atom stereocenters. The molecule has 1 aliphatic heterocycles. The largest absolute Gasteiger partial charge is 0.392 e. The summed E-state index contributed by atoms with van der Waals surface area (Å²) < 4.78 is 2.03. The zero-order chi connectivity index (χ0) is 16.1. The Bertz CT molecular complexity index is 613. The fourth-order valence-corrected chi connectivity index (χ4v) is 2.98. The van der Waals surface area contributed by atoms with E-state index in [4.69, 9.17) is 10.1 Å². The average molecular weight is 315 g/mol. The van der Waals surface area contributed by atoms with E-state index in [0.29, 0.717) is 0 Å². The maximum absolute atomic E-state index is 9.86. The Morgan fingerprint density at radius 1 is 1.30 bits per heavy atom. The molecule has 2 aromatic rings. The predicted octanol–water partition coefficient (Wildman–Crippen LogP) is 2.10. The molecule has 3 rings (SSSR count). The molecular formula is C17H25N5O. The number of piperidine rings is 1. The van der Waals surface area contributed by atoms with Crippen LogP contribution in [0.15, 0.2) is 24.5 Å². The fraction of sp³-hybridized carbons (Fsp3) is 0.588. The summed E-state index contributed by atoms with van der Waals surface area (Å²) in [7, 11) is 0. The first kappa shape index (κ1) is 16.1. The second-order valence-corrected chi connectivity index (χ2v) is 6.20. The van der Waals surface area contributed by atoms with Crippen molar-refractivity contribution >= 4 is 0 Å². The van der Waals surface area contributed by atoms with E-state index in [2.05, 4.69) is 16.8 Å². The topological polar surface area (TPSA) is 67.1 Å². The van der Waals surface area contributed by atoms with Gasteiger partial charge in [0.2, 0.25) is 0 Å². The first-order valence-corrected chi connectivity index (χ1v) is 8.51. The number of aryl methyl sites for hydroxylation is 1. The van der Waals surface area contributed by atoms with Gasteiger partial charge in [0.05, 0.1) is 12.6 Å². The van der Waals surface area contributed by atoms with E-state index in [-0.39, 0.29) is 6.10 Å². The molecule has 0 bridgehead atoms. The fourth-order valence-electron chi connectivity index (χ4n) is 2.98. The number of pyridine rings is 1. The third-order valence-corrected chi connectivity index (χ3v) is 4.26. The summed E-state index contributed by atoms with van der Waals surface area (Å²) in [5.74, 6) is 1.75. The van der Waals surface area contributed by atoms with Crippen molar-refractivity contribution in [3.63, 3.8) is 0 Å². The lowest BCUT2D eigenvalue weighted by atomic mass is 10.1. The van der Waals surface area contributed by atoms with E-state index in [1.54, 1.807) is 12.4 Å². The second-order valence-electron chi connectivity index (χ2n) is 6.20. The van der Waals surface area contributed by atoms with E-state index in [1.807, 2.05) is 16.8 Å². The Kier molecular flexibility index (Phi) is 5.35. The molecule has 0 amide bonds. The van der Waals surface area contributed by atoms with Gasteiger partial charge < -0.3 is 5.11 Å². The van der Waals surface area contributed by atoms with Crippen molar-refractivity contribution in [1.82, 2.24) is 24.6 Å². The molecule has 2 aromatic heterocycles. The van der Waals surface area contributed by atoms with Crippen LogP contribution in [0.4, 0.5) is 0 Å². The maximum atomic E-state index is 9.86. The molecular weight excluding hydrogens is 290 g/mol. The zero-order valence-corrected chi connectivity index (χ0v) is 13.7. The van der Waals surface area contributed by atoms with E-state index < -0.39 is 0 Å². The number of aliphatic hydroxyl groups is 1. The van der Waals surface area contributed by atoms with E-state index in [0.717, 1.165) is 69.1 Å². The molecule has 1 N–H and O–H groups in total. The number of β-amino-alcohol motifs (C(OH)–C–C–N with tert-alkyl or cyclic N) is 1. The zero-order valence-electron chi connectivity index (χ0n) is 13.7. The summed E-state index contributed by atoms with van der Waals surface area (Å²) in [4.78, 5) is 11.1. The van der Waals surface area contributed by atoms with Gasteiger partial charge >= 0.3 is 0 Å². The summed E-state index contributed by atoms with van der Waals surface area (Å²) in [6.07, 6.45) is 7.49. The highest BCUT2D eigenvalue weighted by Gasteiger charge is 2.20. The molecule has 124 valence electrons. The van der Waals surface area contributed by atoms with Crippen molar-refractivity contribution in [2.45, 2.75) is 51.8 Å². The highest BCUT2D eigenvalue weighted by atomic mass is 16.3. The normalized spacial score (nSPS) is 19.1. The highest BCUT2D eigenvalue weighted by Crippen LogP contribution is 2.18. The maximum Gasteiger partial charge on any atom is 0.181 e. The van der Waals surface area contributed by atoms with Gasteiger partial charge in [-0.25, -0.2) is 9.67 Å². The first-order chi connectivity index (χ1) is 11.3. The smallest absolute Gasteiger partial charge is 0.181 e. The van der Waals surface area contributed by atoms with Gasteiger partial charge in [0.1, 0.15) is 5.82 Å². The van der Waals surface area contributed by atoms with E-state index in [9.17, 15) is 5.11 Å². The Balaban J connectivity index is 1.80. The molecule has 1 aliphatic rings. The third-order valence-electron chi connectivity index (χ3n) is 4.26. The van der Waals surface area contributed by atoms with Crippen molar-refractivity contribution in [2.24, 2.45) is 0 Å². The van der Waals surface area contributed by atoms with Crippen LogP contribution >= 0.6 is 0 Å². The predicted molar refractivity (Wildman–Crippen MR) is 88.7 cm³/mol. The number of hydrogen-bond acceptors (Lipinski definition) is 5. The van der Waals surface area contributed by atoms with Gasteiger partial charge in [-0.3, -0.25) is 9.88 Å². The van der Waals surface area contributed by atoms with Crippen LogP contribution in [0.3, 0.4) is 0 Å². The SMILES string of the molecule is CCCCn1nc(-c2ccncc2)nc1CN1CCCC(O)C1. The van der Waals surface area contributed by atoms with Gasteiger partial charge in [0, 0.05) is 31.0 Å². The summed E-state index contributed by atoms with van der Waals surface area (Å²) in [6, 6.07) is 3.88. The molecule has 0 spiro atoms. The molecule has 1 fully saturated rings. The summed E-state index contributed by atoms with van der Waals surface area (Å²) >= 11 is 0. The average Bonchev–Trinajstić information content (AvgIpc) is 2.96. The number of unbranched alkanes of at least 4 members (excludes halogenated alkanes) is 1. The molecule has 6 nitrogen and oxygen atoms in total. The van der Waals surface area contributed by atoms with Crippen LogP contribution in [0.1, 0.15) is 38.4 Å². The molecule has 23 heavy (non-hydrogen) atoms. The van der Waals surface area contributed by atoms with Crippen molar-refractivity contribution in [1.29, 1.82) is 0 Å². The van der Waals surface area contributed by atoms with Crippen LogP contribution in [-0.2, 0) is 13.1 Å². The second kappa shape index (κ2) is 7.66. The van der Waals surface area contributed by atoms with Crippen LogP contribution in [0.5, 0.6) is 0 Å². The summed E-state index contributed by atoms with van der Waals surface area (Å²) in [5, 5.41) is 14.6. The van der Waals surface area contributed by atoms with Crippen LogP contribution in [-0.4, -0.2) is 48.9 Å². The molecule has 1 atom stereocenters. The van der Waals surface area contributed by atoms with Crippen molar-refractivity contribution in [3.8, 4) is 11.4 Å². The Morgan fingerprint density at radius 2 is 2.13 bits per heavy atom. The molecule has 0 saturated carbocycles. The summed E-state index contributed by atoms with van der Waals surface area (Å²) in [5.41, 5.74) is 0.996. The lowest BCUT2D eigenvalue weighted by Gasteiger charge is -2.29. The number of aromatic nitrogens is 4. The Labute approximate surface area is 137 Å². The van der Waals surface area contributed by atoms with E-state index in [1.165, 1.54) is 0 Å². The van der Waals surface area contributed by atoms with Crippen molar-refractivity contribution < 1.29 is 5.11 Å². The van der Waals surface area contributed by atoms with Gasteiger partial charge in [0.25, 0.3) is 0 Å². The van der Waals surface area contributed by atoms with Crippen molar-refractivity contribution in [2.75, 3.05) is 13.1 Å². The van der Waals surface area contributed by atoms with Gasteiger partial charge in [-0.15, -0.1) is 0 Å². The van der Waals surface area contributed by atoms with Crippen LogP contribution in [0.25, 0.3) is 11.4 Å². The lowest BCUT2D eigenvalue weighted by Crippen LogP contribution is -2.38. The summed E-state index contributed by atoms with van der Waals surface area (Å²) in [6.45, 7) is 5.56. The van der Waals surface area contributed by atoms with Gasteiger partial charge in [-0.05, 0) is 37.9 Å². The molecule has 0 aliphatic carbocycles.